The van der Waals surface area contributed by atoms with Crippen molar-refractivity contribution in [2.45, 2.75) is 31.2 Å². The molecule has 0 aliphatic carbocycles. The Morgan fingerprint density at radius 2 is 1.80 bits per heavy atom. The van der Waals surface area contributed by atoms with Crippen LogP contribution in [0.15, 0.2) is 53.7 Å². The summed E-state index contributed by atoms with van der Waals surface area (Å²) in [5.74, 6) is 2.53. The van der Waals surface area contributed by atoms with E-state index in [9.17, 15) is 4.79 Å². The van der Waals surface area contributed by atoms with Gasteiger partial charge in [-0.3, -0.25) is 4.79 Å². The topological polar surface area (TPSA) is 81.9 Å². The highest BCUT2D eigenvalue weighted by Gasteiger charge is 2.17. The van der Waals surface area contributed by atoms with Crippen molar-refractivity contribution < 1.29 is 14.3 Å². The van der Waals surface area contributed by atoms with Crippen molar-refractivity contribution in [3.8, 4) is 11.5 Å². The number of hydrogen-bond donors (Lipinski definition) is 0. The van der Waals surface area contributed by atoms with Crippen molar-refractivity contribution in [3.05, 3.63) is 76.6 Å². The van der Waals surface area contributed by atoms with E-state index in [0.717, 1.165) is 22.5 Å². The van der Waals surface area contributed by atoms with E-state index in [1.807, 2.05) is 69.4 Å². The normalized spacial score (nSPS) is 11.0. The number of methoxy groups -OCH3 is 2. The molecule has 182 valence electrons. The summed E-state index contributed by atoms with van der Waals surface area (Å²) in [6, 6.07) is 15.5. The number of aromatic nitrogens is 4. The second kappa shape index (κ2) is 10.8. The van der Waals surface area contributed by atoms with Crippen LogP contribution in [0.1, 0.15) is 32.9 Å². The van der Waals surface area contributed by atoms with Crippen molar-refractivity contribution in [2.24, 2.45) is 0 Å². The number of carbonyl (C=O) groups excluding carboxylic acids is 1. The van der Waals surface area contributed by atoms with E-state index in [2.05, 4.69) is 15.1 Å². The number of hydrogen-bond acceptors (Lipinski definition) is 7. The lowest BCUT2D eigenvalue weighted by Gasteiger charge is -2.19. The van der Waals surface area contributed by atoms with E-state index >= 15 is 0 Å². The van der Waals surface area contributed by atoms with Crippen molar-refractivity contribution >= 4 is 23.4 Å². The third kappa shape index (κ3) is 5.57. The Morgan fingerprint density at radius 1 is 1.03 bits per heavy atom. The number of likely N-dealkylation sites (N-methyl/N-ethyl adjacent to an activating group) is 1. The van der Waals surface area contributed by atoms with Crippen LogP contribution in [0.5, 0.6) is 11.5 Å². The summed E-state index contributed by atoms with van der Waals surface area (Å²) in [5.41, 5.74) is 4.59. The molecule has 35 heavy (non-hydrogen) atoms. The molecule has 0 aliphatic heterocycles. The largest absolute Gasteiger partial charge is 0.493 e. The molecule has 0 unspecified atom stereocenters. The summed E-state index contributed by atoms with van der Waals surface area (Å²) in [6.07, 6.45) is 0.705. The van der Waals surface area contributed by atoms with Crippen LogP contribution in [-0.4, -0.2) is 58.2 Å². The molecule has 0 N–H and O–H groups in total. The average molecular weight is 492 g/mol. The minimum absolute atomic E-state index is 0.0160. The average Bonchev–Trinajstić information content (AvgIpc) is 3.28. The molecular formula is C26H29N5O3S. The molecule has 0 fully saturated rings. The first-order valence-electron chi connectivity index (χ1n) is 11.3. The number of benzene rings is 2. The van der Waals surface area contributed by atoms with Gasteiger partial charge in [0.2, 0.25) is 5.16 Å². The van der Waals surface area contributed by atoms with E-state index in [-0.39, 0.29) is 5.91 Å². The smallest absolute Gasteiger partial charge is 0.253 e. The van der Waals surface area contributed by atoms with Crippen LogP contribution in [0.25, 0.3) is 5.78 Å². The molecule has 9 heteroatoms. The van der Waals surface area contributed by atoms with E-state index in [1.54, 1.807) is 23.6 Å². The maximum Gasteiger partial charge on any atom is 0.253 e. The van der Waals surface area contributed by atoms with Gasteiger partial charge in [0.15, 0.2) is 11.5 Å². The summed E-state index contributed by atoms with van der Waals surface area (Å²) >= 11 is 1.50. The number of nitrogens with zero attached hydrogens (tertiary/aromatic N) is 5. The highest BCUT2D eigenvalue weighted by Crippen LogP contribution is 2.28. The fourth-order valence-electron chi connectivity index (χ4n) is 3.85. The molecule has 1 amide bonds. The maximum absolute atomic E-state index is 13.3. The number of fused-ring (bicyclic) bond motifs is 1. The third-order valence-corrected chi connectivity index (χ3v) is 6.62. The number of ether oxygens (including phenoxy) is 2. The number of rotatable bonds is 9. The zero-order valence-electron chi connectivity index (χ0n) is 20.6. The highest BCUT2D eigenvalue weighted by molar-refractivity contribution is 7.98. The summed E-state index contributed by atoms with van der Waals surface area (Å²) in [6.45, 7) is 4.50. The van der Waals surface area contributed by atoms with Crippen molar-refractivity contribution in [3.63, 3.8) is 0 Å². The molecule has 0 bridgehead atoms. The number of carbonyl (C=O) groups is 1. The lowest BCUT2D eigenvalue weighted by molar-refractivity contribution is 0.0796. The molecule has 2 aromatic heterocycles. The molecule has 2 aromatic carbocycles. The predicted molar refractivity (Wildman–Crippen MR) is 136 cm³/mol. The Bertz CT molecular complexity index is 1350. The number of aryl methyl sites for hydroxylation is 2. The van der Waals surface area contributed by atoms with Gasteiger partial charge in [0.1, 0.15) is 0 Å². The van der Waals surface area contributed by atoms with Gasteiger partial charge >= 0.3 is 0 Å². The predicted octanol–water partition coefficient (Wildman–Crippen LogP) is 4.37. The van der Waals surface area contributed by atoms with Crippen LogP contribution in [0.4, 0.5) is 0 Å². The van der Waals surface area contributed by atoms with Gasteiger partial charge in [-0.25, -0.2) is 9.50 Å². The SMILES string of the molecule is COc1ccc(CCN(C)C(=O)c2ccccc2CSc2nc3nc(C)cc(C)n3n2)cc1OC. The molecule has 0 saturated heterocycles. The molecule has 8 nitrogen and oxygen atoms in total. The van der Waals surface area contributed by atoms with E-state index in [4.69, 9.17) is 9.47 Å². The molecule has 2 heterocycles. The van der Waals surface area contributed by atoms with E-state index in [1.165, 1.54) is 11.8 Å². The Kier molecular flexibility index (Phi) is 7.55. The summed E-state index contributed by atoms with van der Waals surface area (Å²) < 4.78 is 12.4. The van der Waals surface area contributed by atoms with Crippen LogP contribution in [0.2, 0.25) is 0 Å². The Balaban J connectivity index is 1.43. The standard InChI is InChI=1S/C26H29N5O3S/c1-17-14-18(2)31-25(27-17)28-26(29-31)35-16-20-8-6-7-9-21(20)24(32)30(3)13-12-19-10-11-22(33-4)23(15-19)34-5/h6-11,14-15H,12-13,16H2,1-5H3. The summed E-state index contributed by atoms with van der Waals surface area (Å²) in [5, 5.41) is 5.19. The first-order valence-corrected chi connectivity index (χ1v) is 12.3. The first kappa shape index (κ1) is 24.5. The highest BCUT2D eigenvalue weighted by atomic mass is 32.2. The Hall–Kier alpha value is -3.59. The summed E-state index contributed by atoms with van der Waals surface area (Å²) in [4.78, 5) is 24.0. The quantitative estimate of drug-likeness (QED) is 0.322. The summed E-state index contributed by atoms with van der Waals surface area (Å²) in [7, 11) is 5.06. The molecular weight excluding hydrogens is 462 g/mol. The molecule has 0 atom stereocenters. The van der Waals surface area contributed by atoms with Gasteiger partial charge in [-0.2, -0.15) is 4.98 Å². The zero-order chi connectivity index (χ0) is 24.9. The van der Waals surface area contributed by atoms with Gasteiger partial charge in [-0.05, 0) is 55.7 Å². The van der Waals surface area contributed by atoms with Crippen LogP contribution in [0.3, 0.4) is 0 Å². The van der Waals surface area contributed by atoms with Crippen LogP contribution >= 0.6 is 11.8 Å². The molecule has 4 rings (SSSR count). The number of thioether (sulfide) groups is 1. The van der Waals surface area contributed by atoms with Gasteiger partial charge in [0.25, 0.3) is 11.7 Å². The van der Waals surface area contributed by atoms with Crippen LogP contribution in [0, 0.1) is 13.8 Å². The molecule has 0 spiro atoms. The van der Waals surface area contributed by atoms with Crippen LogP contribution < -0.4 is 9.47 Å². The minimum Gasteiger partial charge on any atom is -0.493 e. The van der Waals surface area contributed by atoms with Gasteiger partial charge < -0.3 is 14.4 Å². The second-order valence-electron chi connectivity index (χ2n) is 8.26. The molecule has 0 radical (unpaired) electrons. The minimum atomic E-state index is -0.0160. The van der Waals surface area contributed by atoms with Crippen molar-refractivity contribution in [2.75, 3.05) is 27.8 Å². The second-order valence-corrected chi connectivity index (χ2v) is 9.20. The lowest BCUT2D eigenvalue weighted by atomic mass is 10.1. The maximum atomic E-state index is 13.3. The lowest BCUT2D eigenvalue weighted by Crippen LogP contribution is -2.29. The molecule has 0 aliphatic rings. The van der Waals surface area contributed by atoms with E-state index in [0.29, 0.717) is 46.7 Å². The van der Waals surface area contributed by atoms with E-state index < -0.39 is 0 Å². The molecule has 4 aromatic rings. The van der Waals surface area contributed by atoms with Gasteiger partial charge in [0, 0.05) is 36.3 Å². The van der Waals surface area contributed by atoms with Gasteiger partial charge in [0.05, 0.1) is 14.2 Å². The molecule has 0 saturated carbocycles. The zero-order valence-corrected chi connectivity index (χ0v) is 21.4. The van der Waals surface area contributed by atoms with Crippen LogP contribution in [-0.2, 0) is 12.2 Å². The fraction of sp³-hybridized carbons (Fsp3) is 0.308. The third-order valence-electron chi connectivity index (χ3n) is 5.73. The fourth-order valence-corrected chi connectivity index (χ4v) is 4.67. The van der Waals surface area contributed by atoms with Gasteiger partial charge in [-0.1, -0.05) is 36.0 Å². The van der Waals surface area contributed by atoms with Crippen molar-refractivity contribution in [1.82, 2.24) is 24.5 Å². The first-order chi connectivity index (χ1) is 16.9. The Labute approximate surface area is 209 Å². The van der Waals surface area contributed by atoms with Crippen molar-refractivity contribution in [1.29, 1.82) is 0 Å². The monoisotopic (exact) mass is 491 g/mol. The number of amides is 1. The van der Waals surface area contributed by atoms with Gasteiger partial charge in [-0.15, -0.1) is 5.10 Å². The Morgan fingerprint density at radius 3 is 2.57 bits per heavy atom.